The molecule has 1 atom stereocenters. The standard InChI is InChI=1S/C8H19N3O5S2/c1-3-4-7(8(9)10-12)11-18(15,16)6-5-17(2,13)14/h7,11-12H,3-6H2,1-2H3,(H2,9,10). The number of nitrogens with one attached hydrogen (secondary N) is 1. The van der Waals surface area contributed by atoms with Crippen LogP contribution < -0.4 is 10.5 Å². The van der Waals surface area contributed by atoms with Gasteiger partial charge in [-0.1, -0.05) is 18.5 Å². The Morgan fingerprint density at radius 1 is 1.33 bits per heavy atom. The van der Waals surface area contributed by atoms with Gasteiger partial charge in [-0.25, -0.2) is 21.6 Å². The summed E-state index contributed by atoms with van der Waals surface area (Å²) in [5.74, 6) is -1.28. The number of rotatable bonds is 8. The molecule has 0 bridgehead atoms. The lowest BCUT2D eigenvalue weighted by Crippen LogP contribution is -2.45. The van der Waals surface area contributed by atoms with E-state index in [9.17, 15) is 16.8 Å². The zero-order chi connectivity index (χ0) is 14.4. The van der Waals surface area contributed by atoms with Gasteiger partial charge in [0.05, 0.1) is 17.5 Å². The summed E-state index contributed by atoms with van der Waals surface area (Å²) in [5.41, 5.74) is 5.35. The number of oxime groups is 1. The predicted molar refractivity (Wildman–Crippen MR) is 68.7 cm³/mol. The molecule has 0 rings (SSSR count). The SMILES string of the molecule is CCCC(NS(=O)(=O)CCS(C)(=O)=O)C(N)=NO. The Kier molecular flexibility index (Phi) is 6.57. The molecular formula is C8H19N3O5S2. The zero-order valence-corrected chi connectivity index (χ0v) is 12.0. The highest BCUT2D eigenvalue weighted by Gasteiger charge is 2.22. The molecule has 0 fully saturated rings. The first-order valence-electron chi connectivity index (χ1n) is 5.26. The number of hydrogen-bond acceptors (Lipinski definition) is 6. The molecule has 18 heavy (non-hydrogen) atoms. The Hall–Kier alpha value is -0.870. The van der Waals surface area contributed by atoms with Gasteiger partial charge in [-0.15, -0.1) is 0 Å². The Morgan fingerprint density at radius 2 is 1.89 bits per heavy atom. The molecule has 0 aromatic heterocycles. The van der Waals surface area contributed by atoms with Gasteiger partial charge in [0, 0.05) is 6.26 Å². The van der Waals surface area contributed by atoms with E-state index < -0.39 is 37.4 Å². The molecule has 10 heteroatoms. The minimum Gasteiger partial charge on any atom is -0.409 e. The van der Waals surface area contributed by atoms with Gasteiger partial charge < -0.3 is 10.9 Å². The van der Waals surface area contributed by atoms with E-state index in [0.29, 0.717) is 12.8 Å². The highest BCUT2D eigenvalue weighted by molar-refractivity contribution is 7.93. The van der Waals surface area contributed by atoms with Crippen molar-refractivity contribution in [1.29, 1.82) is 0 Å². The summed E-state index contributed by atoms with van der Waals surface area (Å²) in [6.45, 7) is 1.81. The van der Waals surface area contributed by atoms with Crippen molar-refractivity contribution in [2.75, 3.05) is 17.8 Å². The molecule has 4 N–H and O–H groups in total. The van der Waals surface area contributed by atoms with Crippen LogP contribution in [0.4, 0.5) is 0 Å². The first-order chi connectivity index (χ1) is 8.11. The largest absolute Gasteiger partial charge is 0.409 e. The fraction of sp³-hybridized carbons (Fsp3) is 0.875. The summed E-state index contributed by atoms with van der Waals surface area (Å²) in [7, 11) is -7.15. The van der Waals surface area contributed by atoms with Crippen molar-refractivity contribution in [1.82, 2.24) is 4.72 Å². The third-order valence-electron chi connectivity index (χ3n) is 2.09. The molecule has 0 spiro atoms. The molecule has 0 heterocycles. The number of nitrogens with two attached hydrogens (primary N) is 1. The second-order valence-electron chi connectivity index (χ2n) is 3.93. The van der Waals surface area contributed by atoms with E-state index in [1.54, 1.807) is 0 Å². The number of sulfone groups is 1. The Labute approximate surface area is 107 Å². The maximum Gasteiger partial charge on any atom is 0.213 e. The van der Waals surface area contributed by atoms with Crippen molar-refractivity contribution >= 4 is 25.7 Å². The Morgan fingerprint density at radius 3 is 2.28 bits per heavy atom. The molecule has 0 saturated heterocycles. The maximum atomic E-state index is 11.6. The van der Waals surface area contributed by atoms with E-state index >= 15 is 0 Å². The fourth-order valence-electron chi connectivity index (χ4n) is 1.16. The van der Waals surface area contributed by atoms with Gasteiger partial charge in [-0.2, -0.15) is 0 Å². The van der Waals surface area contributed by atoms with Crippen molar-refractivity contribution in [2.24, 2.45) is 10.9 Å². The highest BCUT2D eigenvalue weighted by atomic mass is 32.2. The van der Waals surface area contributed by atoms with Crippen molar-refractivity contribution in [3.05, 3.63) is 0 Å². The van der Waals surface area contributed by atoms with E-state index in [0.717, 1.165) is 6.26 Å². The molecule has 0 aliphatic rings. The van der Waals surface area contributed by atoms with Gasteiger partial charge in [0.15, 0.2) is 5.84 Å². The van der Waals surface area contributed by atoms with Gasteiger partial charge in [0.1, 0.15) is 9.84 Å². The van der Waals surface area contributed by atoms with Crippen LogP contribution in [0.15, 0.2) is 5.16 Å². The number of hydrogen-bond donors (Lipinski definition) is 3. The average Bonchev–Trinajstić information content (AvgIpc) is 2.24. The van der Waals surface area contributed by atoms with Gasteiger partial charge >= 0.3 is 0 Å². The lowest BCUT2D eigenvalue weighted by molar-refractivity contribution is 0.315. The summed E-state index contributed by atoms with van der Waals surface area (Å²) in [5, 5.41) is 11.3. The molecule has 0 amide bonds. The molecule has 0 aliphatic heterocycles. The summed E-state index contributed by atoms with van der Waals surface area (Å²) >= 11 is 0. The fourth-order valence-corrected chi connectivity index (χ4v) is 4.04. The summed E-state index contributed by atoms with van der Waals surface area (Å²) < 4.78 is 47.2. The molecule has 1 unspecified atom stereocenters. The molecule has 108 valence electrons. The number of sulfonamides is 1. The highest BCUT2D eigenvalue weighted by Crippen LogP contribution is 2.00. The van der Waals surface area contributed by atoms with Crippen LogP contribution >= 0.6 is 0 Å². The molecular weight excluding hydrogens is 282 g/mol. The lowest BCUT2D eigenvalue weighted by Gasteiger charge is -2.16. The topological polar surface area (TPSA) is 139 Å². The Balaban J connectivity index is 4.72. The second-order valence-corrected chi connectivity index (χ2v) is 8.07. The predicted octanol–water partition coefficient (Wildman–Crippen LogP) is -1.13. The summed E-state index contributed by atoms with van der Waals surface area (Å²) in [6, 6.07) is -0.829. The quantitative estimate of drug-likeness (QED) is 0.224. The minimum absolute atomic E-state index is 0.250. The third-order valence-corrected chi connectivity index (χ3v) is 4.68. The van der Waals surface area contributed by atoms with Crippen LogP contribution in [0.3, 0.4) is 0 Å². The normalized spacial score (nSPS) is 15.6. The molecule has 0 aromatic carbocycles. The van der Waals surface area contributed by atoms with E-state index in [-0.39, 0.29) is 5.84 Å². The van der Waals surface area contributed by atoms with Crippen molar-refractivity contribution in [2.45, 2.75) is 25.8 Å². The third kappa shape index (κ3) is 7.45. The minimum atomic E-state index is -3.79. The lowest BCUT2D eigenvalue weighted by atomic mass is 10.2. The van der Waals surface area contributed by atoms with E-state index in [1.165, 1.54) is 0 Å². The summed E-state index contributed by atoms with van der Waals surface area (Å²) in [6.07, 6.45) is 1.93. The van der Waals surface area contributed by atoms with Crippen LogP contribution in [-0.4, -0.2) is 51.7 Å². The molecule has 0 saturated carbocycles. The maximum absolute atomic E-state index is 11.6. The van der Waals surface area contributed by atoms with Crippen LogP contribution in [0.5, 0.6) is 0 Å². The average molecular weight is 301 g/mol. The second kappa shape index (κ2) is 6.90. The van der Waals surface area contributed by atoms with Gasteiger partial charge in [0.2, 0.25) is 10.0 Å². The molecule has 0 radical (unpaired) electrons. The molecule has 0 aliphatic carbocycles. The molecule has 0 aromatic rings. The van der Waals surface area contributed by atoms with Crippen LogP contribution in [0.1, 0.15) is 19.8 Å². The van der Waals surface area contributed by atoms with E-state index in [2.05, 4.69) is 9.88 Å². The van der Waals surface area contributed by atoms with Crippen molar-refractivity contribution in [3.8, 4) is 0 Å². The van der Waals surface area contributed by atoms with Gasteiger partial charge in [-0.05, 0) is 6.42 Å². The van der Waals surface area contributed by atoms with Crippen LogP contribution in [0, 0.1) is 0 Å². The molecule has 8 nitrogen and oxygen atoms in total. The van der Waals surface area contributed by atoms with E-state index in [1.807, 2.05) is 6.92 Å². The van der Waals surface area contributed by atoms with E-state index in [4.69, 9.17) is 10.9 Å². The number of amidine groups is 1. The van der Waals surface area contributed by atoms with Crippen LogP contribution in [0.2, 0.25) is 0 Å². The van der Waals surface area contributed by atoms with Crippen molar-refractivity contribution < 1.29 is 22.0 Å². The Bertz CT molecular complexity index is 483. The smallest absolute Gasteiger partial charge is 0.213 e. The summed E-state index contributed by atoms with van der Waals surface area (Å²) in [4.78, 5) is 0. The first-order valence-corrected chi connectivity index (χ1v) is 8.97. The van der Waals surface area contributed by atoms with Gasteiger partial charge in [0.25, 0.3) is 0 Å². The number of nitrogens with zero attached hydrogens (tertiary/aromatic N) is 1. The van der Waals surface area contributed by atoms with Gasteiger partial charge in [-0.3, -0.25) is 0 Å². The van der Waals surface area contributed by atoms with Crippen LogP contribution in [0.25, 0.3) is 0 Å². The van der Waals surface area contributed by atoms with Crippen molar-refractivity contribution in [3.63, 3.8) is 0 Å². The zero-order valence-electron chi connectivity index (χ0n) is 10.3. The van der Waals surface area contributed by atoms with Crippen LogP contribution in [-0.2, 0) is 19.9 Å². The monoisotopic (exact) mass is 301 g/mol. The first kappa shape index (κ1) is 17.1.